The number of rotatable bonds is 10. The first-order valence-electron chi connectivity index (χ1n) is 16.3. The Kier molecular flexibility index (Phi) is 9.56. The lowest BCUT2D eigenvalue weighted by molar-refractivity contribution is -0.190. The summed E-state index contributed by atoms with van der Waals surface area (Å²) in [5.74, 6) is -2.90. The topological polar surface area (TPSA) is 72.8 Å². The number of alkyl halides is 2. The number of allylic oxidation sites excluding steroid dienone is 1. The second-order valence-corrected chi connectivity index (χ2v) is 15.2. The Bertz CT molecular complexity index is 992. The molecule has 234 valence electrons. The lowest BCUT2D eigenvalue weighted by Crippen LogP contribution is -2.51. The molecule has 4 aliphatic carbocycles. The maximum atomic E-state index is 14.2. The average molecular weight is 581 g/mol. The highest BCUT2D eigenvalue weighted by atomic mass is 19.3. The smallest absolute Gasteiger partial charge is 0.477 e. The van der Waals surface area contributed by atoms with Crippen LogP contribution >= 0.6 is 0 Å². The van der Waals surface area contributed by atoms with Crippen molar-refractivity contribution in [1.29, 1.82) is 0 Å². The van der Waals surface area contributed by atoms with Crippen molar-refractivity contribution in [2.45, 2.75) is 137 Å². The number of hydrogen-bond acceptors (Lipinski definition) is 4. The Labute approximate surface area is 246 Å². The third-order valence-electron chi connectivity index (χ3n) is 12.0. The third-order valence-corrected chi connectivity index (χ3v) is 12.0. The van der Waals surface area contributed by atoms with Gasteiger partial charge in [0, 0.05) is 6.42 Å². The zero-order chi connectivity index (χ0) is 30.3. The van der Waals surface area contributed by atoms with Gasteiger partial charge in [-0.25, -0.2) is 9.59 Å². The van der Waals surface area contributed by atoms with Crippen LogP contribution in [0.25, 0.3) is 0 Å². The van der Waals surface area contributed by atoms with Gasteiger partial charge in [0.1, 0.15) is 6.10 Å². The van der Waals surface area contributed by atoms with Gasteiger partial charge in [-0.1, -0.05) is 79.4 Å². The molecule has 0 radical (unpaired) electrons. The van der Waals surface area contributed by atoms with Crippen molar-refractivity contribution in [2.75, 3.05) is 0 Å². The fraction of sp³-hybridized carbons (Fsp3) is 0.882. The van der Waals surface area contributed by atoms with Gasteiger partial charge in [0.2, 0.25) is 0 Å². The summed E-state index contributed by atoms with van der Waals surface area (Å²) < 4.78 is 38.7. The van der Waals surface area contributed by atoms with E-state index in [1.54, 1.807) is 0 Å². The van der Waals surface area contributed by atoms with Crippen LogP contribution in [0.15, 0.2) is 11.6 Å². The van der Waals surface area contributed by atoms with E-state index >= 15 is 0 Å². The summed E-state index contributed by atoms with van der Waals surface area (Å²) in [6, 6.07) is 0. The SMILES string of the molecule is CC(C)CCCC(C)C1CCC2C3CC=C4C[C@@H](OC(=O)OC(C(C)C)C(F)(F)C(=O)O)CC[C@]4(C)C3CC[C@]12C. The van der Waals surface area contributed by atoms with Gasteiger partial charge in [0.15, 0.2) is 6.10 Å². The molecule has 6 unspecified atom stereocenters. The zero-order valence-electron chi connectivity index (χ0n) is 26.4. The van der Waals surface area contributed by atoms with Gasteiger partial charge in [-0.05, 0) is 97.2 Å². The highest BCUT2D eigenvalue weighted by Crippen LogP contribution is 2.67. The first-order chi connectivity index (χ1) is 19.1. The Hall–Kier alpha value is -1.66. The van der Waals surface area contributed by atoms with Crippen LogP contribution in [-0.2, 0) is 14.3 Å². The summed E-state index contributed by atoms with van der Waals surface area (Å²) in [5, 5.41) is 8.92. The fourth-order valence-corrected chi connectivity index (χ4v) is 9.77. The molecule has 3 saturated carbocycles. The van der Waals surface area contributed by atoms with E-state index in [0.29, 0.717) is 30.1 Å². The molecule has 7 heteroatoms. The van der Waals surface area contributed by atoms with Crippen LogP contribution in [0.5, 0.6) is 0 Å². The van der Waals surface area contributed by atoms with E-state index in [0.717, 1.165) is 36.5 Å². The molecule has 0 saturated heterocycles. The number of halogens is 2. The highest BCUT2D eigenvalue weighted by molar-refractivity contribution is 5.76. The lowest BCUT2D eigenvalue weighted by Gasteiger charge is -2.58. The van der Waals surface area contributed by atoms with Crippen molar-refractivity contribution in [1.82, 2.24) is 0 Å². The van der Waals surface area contributed by atoms with Crippen molar-refractivity contribution >= 4 is 12.1 Å². The van der Waals surface area contributed by atoms with Crippen LogP contribution in [0.1, 0.15) is 119 Å². The molecule has 0 aromatic carbocycles. The molecule has 1 N–H and O–H groups in total. The normalized spacial score (nSPS) is 36.6. The molecule has 0 aliphatic heterocycles. The van der Waals surface area contributed by atoms with Crippen LogP contribution < -0.4 is 0 Å². The number of hydrogen-bond donors (Lipinski definition) is 1. The molecule has 4 aliphatic rings. The number of carboxylic acids is 1. The molecule has 0 amide bonds. The molecular formula is C34H54F2O5. The molecule has 9 atom stereocenters. The number of carbonyl (C=O) groups excluding carboxylic acids is 1. The van der Waals surface area contributed by atoms with E-state index in [-0.39, 0.29) is 5.41 Å². The maximum Gasteiger partial charge on any atom is 0.509 e. The second-order valence-electron chi connectivity index (χ2n) is 15.2. The highest BCUT2D eigenvalue weighted by Gasteiger charge is 2.59. The van der Waals surface area contributed by atoms with Crippen molar-refractivity contribution < 1.29 is 33.0 Å². The lowest BCUT2D eigenvalue weighted by atomic mass is 9.47. The van der Waals surface area contributed by atoms with Crippen LogP contribution in [-0.4, -0.2) is 35.4 Å². The molecule has 0 spiro atoms. The van der Waals surface area contributed by atoms with E-state index in [2.05, 4.69) is 40.7 Å². The Balaban J connectivity index is 1.40. The minimum Gasteiger partial charge on any atom is -0.477 e. The number of carboxylic acid groups (broad SMARTS) is 1. The van der Waals surface area contributed by atoms with Gasteiger partial charge >= 0.3 is 18.0 Å². The molecule has 0 heterocycles. The van der Waals surface area contributed by atoms with Crippen molar-refractivity contribution in [3.05, 3.63) is 11.6 Å². The van der Waals surface area contributed by atoms with Crippen molar-refractivity contribution in [2.24, 2.45) is 52.3 Å². The van der Waals surface area contributed by atoms with Crippen LogP contribution in [0.2, 0.25) is 0 Å². The van der Waals surface area contributed by atoms with E-state index < -0.39 is 36.2 Å². The Morgan fingerprint density at radius 1 is 1.02 bits per heavy atom. The fourth-order valence-electron chi connectivity index (χ4n) is 9.77. The minimum absolute atomic E-state index is 0.0752. The number of aliphatic carboxylic acids is 1. The number of ether oxygens (including phenoxy) is 2. The van der Waals surface area contributed by atoms with Gasteiger partial charge in [-0.2, -0.15) is 8.78 Å². The van der Waals surface area contributed by atoms with Crippen LogP contribution in [0.4, 0.5) is 13.6 Å². The summed E-state index contributed by atoms with van der Waals surface area (Å²) in [4.78, 5) is 23.6. The predicted octanol–water partition coefficient (Wildman–Crippen LogP) is 9.29. The van der Waals surface area contributed by atoms with Crippen molar-refractivity contribution in [3.63, 3.8) is 0 Å². The summed E-state index contributed by atoms with van der Waals surface area (Å²) in [6.07, 6.45) is 11.1. The average Bonchev–Trinajstić information content (AvgIpc) is 3.24. The molecule has 4 rings (SSSR count). The standard InChI is InChI=1S/C34H54F2O5/c1-20(2)9-8-10-22(5)26-13-14-27-25-12-11-23-19-24(15-17-32(23,6)28(25)16-18-33(26,27)7)40-31(39)41-29(21(3)4)34(35,36)30(37)38/h11,20-22,24-29H,8-10,12-19H2,1-7H3,(H,37,38)/t22?,24-,25?,26?,27?,28?,29?,32-,33+/m0/s1. The second kappa shape index (κ2) is 12.1. The summed E-state index contributed by atoms with van der Waals surface area (Å²) in [5.41, 5.74) is 1.83. The van der Waals surface area contributed by atoms with Gasteiger partial charge in [0.25, 0.3) is 0 Å². The first kappa shape index (κ1) is 32.3. The molecular weight excluding hydrogens is 526 g/mol. The van der Waals surface area contributed by atoms with Crippen molar-refractivity contribution in [3.8, 4) is 0 Å². The Morgan fingerprint density at radius 3 is 2.37 bits per heavy atom. The molecule has 3 fully saturated rings. The van der Waals surface area contributed by atoms with Gasteiger partial charge in [0.05, 0.1) is 0 Å². The summed E-state index contributed by atoms with van der Waals surface area (Å²) in [7, 11) is 0. The molecule has 41 heavy (non-hydrogen) atoms. The molecule has 0 aromatic rings. The predicted molar refractivity (Wildman–Crippen MR) is 156 cm³/mol. The molecule has 5 nitrogen and oxygen atoms in total. The quantitative estimate of drug-likeness (QED) is 0.206. The zero-order valence-corrected chi connectivity index (χ0v) is 26.4. The summed E-state index contributed by atoms with van der Waals surface area (Å²) in [6.45, 7) is 14.9. The monoisotopic (exact) mass is 580 g/mol. The van der Waals surface area contributed by atoms with Gasteiger partial charge < -0.3 is 14.6 Å². The Morgan fingerprint density at radius 2 is 1.73 bits per heavy atom. The van der Waals surface area contributed by atoms with Crippen LogP contribution in [0, 0.1) is 52.3 Å². The summed E-state index contributed by atoms with van der Waals surface area (Å²) >= 11 is 0. The van der Waals surface area contributed by atoms with Gasteiger partial charge in [-0.3, -0.25) is 0 Å². The van der Waals surface area contributed by atoms with E-state index in [9.17, 15) is 18.4 Å². The largest absolute Gasteiger partial charge is 0.509 e. The molecule has 0 aromatic heterocycles. The van der Waals surface area contributed by atoms with Crippen LogP contribution in [0.3, 0.4) is 0 Å². The third kappa shape index (κ3) is 6.20. The number of fused-ring (bicyclic) bond motifs is 5. The van der Waals surface area contributed by atoms with E-state index in [1.165, 1.54) is 64.4 Å². The molecule has 0 bridgehead atoms. The van der Waals surface area contributed by atoms with E-state index in [1.807, 2.05) is 0 Å². The maximum absolute atomic E-state index is 14.2. The van der Waals surface area contributed by atoms with E-state index in [4.69, 9.17) is 14.6 Å². The minimum atomic E-state index is -4.18. The first-order valence-corrected chi connectivity index (χ1v) is 16.3. The van der Waals surface area contributed by atoms with Gasteiger partial charge in [-0.15, -0.1) is 0 Å². The number of carbonyl (C=O) groups is 2.